The number of benzene rings is 2. The van der Waals surface area contributed by atoms with Crippen LogP contribution in [-0.2, 0) is 36.3 Å². The molecule has 7 nitrogen and oxygen atoms in total. The lowest BCUT2D eigenvalue weighted by Crippen LogP contribution is -2.57. The van der Waals surface area contributed by atoms with E-state index in [0.29, 0.717) is 12.1 Å². The van der Waals surface area contributed by atoms with Crippen LogP contribution in [-0.4, -0.2) is 65.9 Å². The van der Waals surface area contributed by atoms with Crippen LogP contribution in [0.15, 0.2) is 47.4 Å². The first-order valence-corrected chi connectivity index (χ1v) is 15.4. The number of rotatable bonds is 5. The van der Waals surface area contributed by atoms with E-state index in [0.717, 1.165) is 29.2 Å². The van der Waals surface area contributed by atoms with Gasteiger partial charge in [-0.3, -0.25) is 9.59 Å². The number of hydrogen-bond donors (Lipinski definition) is 2. The molecule has 45 heavy (non-hydrogen) atoms. The van der Waals surface area contributed by atoms with E-state index in [1.807, 2.05) is 0 Å². The maximum absolute atomic E-state index is 15.0. The Morgan fingerprint density at radius 1 is 0.867 bits per heavy atom. The molecule has 2 N–H and O–H groups in total. The third-order valence-corrected chi connectivity index (χ3v) is 12.0. The maximum atomic E-state index is 15.0. The molecule has 0 spiro atoms. The summed E-state index contributed by atoms with van der Waals surface area (Å²) in [5, 5.41) is 20.6. The summed E-state index contributed by atoms with van der Waals surface area (Å²) in [6.07, 6.45) is -14.4. The largest absolute Gasteiger partial charge is 0.481 e. The van der Waals surface area contributed by atoms with Gasteiger partial charge in [0, 0.05) is 12.1 Å². The van der Waals surface area contributed by atoms with Crippen molar-refractivity contribution in [3.05, 3.63) is 65.0 Å². The molecule has 5 rings (SSSR count). The molecule has 0 aromatic heterocycles. The summed E-state index contributed by atoms with van der Waals surface area (Å²) in [4.78, 5) is 25.9. The number of aryl methyl sites for hydroxylation is 1. The van der Waals surface area contributed by atoms with Crippen LogP contribution < -0.4 is 0 Å². The molecule has 0 radical (unpaired) electrons. The Labute approximate surface area is 251 Å². The van der Waals surface area contributed by atoms with Crippen molar-refractivity contribution < 1.29 is 63.3 Å². The molecule has 2 atom stereocenters. The van der Waals surface area contributed by atoms with E-state index in [1.165, 1.54) is 0 Å². The highest BCUT2D eigenvalue weighted by molar-refractivity contribution is 7.92. The van der Waals surface area contributed by atoms with Gasteiger partial charge in [-0.2, -0.15) is 26.3 Å². The lowest BCUT2D eigenvalue weighted by molar-refractivity contribution is -0.348. The molecule has 16 heteroatoms. The van der Waals surface area contributed by atoms with Crippen LogP contribution in [0.2, 0.25) is 0 Å². The highest BCUT2D eigenvalue weighted by Gasteiger charge is 2.74. The zero-order valence-electron chi connectivity index (χ0n) is 23.3. The summed E-state index contributed by atoms with van der Waals surface area (Å²) in [6, 6.07) is 3.56. The number of aliphatic carboxylic acids is 1. The van der Waals surface area contributed by atoms with Gasteiger partial charge in [0.05, 0.1) is 16.9 Å². The number of carbonyl (C=O) groups is 2. The first-order valence-electron chi connectivity index (χ1n) is 13.9. The number of nitrogens with zero attached hydrogens (tertiary/aromatic N) is 1. The van der Waals surface area contributed by atoms with E-state index in [4.69, 9.17) is 0 Å². The van der Waals surface area contributed by atoms with Gasteiger partial charge in [0.15, 0.2) is 9.84 Å². The number of hydrogen-bond acceptors (Lipinski definition) is 5. The minimum Gasteiger partial charge on any atom is -0.481 e. The molecule has 2 aromatic rings. The quantitative estimate of drug-likeness (QED) is 0.329. The fourth-order valence-electron chi connectivity index (χ4n) is 7.12. The summed E-state index contributed by atoms with van der Waals surface area (Å²) >= 11 is 0. The molecule has 246 valence electrons. The number of amides is 1. The van der Waals surface area contributed by atoms with Crippen LogP contribution in [0.4, 0.5) is 35.1 Å². The molecule has 2 fully saturated rings. The number of sulfone groups is 1. The second kappa shape index (κ2) is 10.6. The Kier molecular flexibility index (Phi) is 7.83. The van der Waals surface area contributed by atoms with Crippen molar-refractivity contribution in [2.75, 3.05) is 6.54 Å². The first kappa shape index (κ1) is 33.1. The van der Waals surface area contributed by atoms with Gasteiger partial charge in [0.2, 0.25) is 0 Å². The summed E-state index contributed by atoms with van der Waals surface area (Å²) in [6.45, 7) is -0.298. The van der Waals surface area contributed by atoms with E-state index < -0.39 is 84.7 Å². The summed E-state index contributed by atoms with van der Waals surface area (Å²) in [5.41, 5.74) is -10.1. The molecule has 2 aromatic carbocycles. The van der Waals surface area contributed by atoms with Gasteiger partial charge >= 0.3 is 24.0 Å². The molecule has 0 bridgehead atoms. The maximum Gasteiger partial charge on any atom is 0.435 e. The number of carboxylic acids is 1. The topological polar surface area (TPSA) is 112 Å². The number of carboxylic acid groups (broad SMARTS) is 1. The van der Waals surface area contributed by atoms with Gasteiger partial charge in [-0.25, -0.2) is 17.2 Å². The van der Waals surface area contributed by atoms with Gasteiger partial charge < -0.3 is 15.1 Å². The molecule has 3 aliphatic rings. The van der Waals surface area contributed by atoms with Gasteiger partial charge in [-0.15, -0.1) is 0 Å². The highest BCUT2D eigenvalue weighted by Crippen LogP contribution is 2.57. The SMILES string of the molecule is O=C(O)[C@H]1CC[C@](O)(C(=O)N2CC[C@@]3(S(=O)(=O)c4ccc(F)cc4)c4ccc(C(F)(C(F)(F)F)C(F)(F)F)cc4CC[C@@H]23)CC1. The second-order valence-electron chi connectivity index (χ2n) is 11.8. The lowest BCUT2D eigenvalue weighted by Gasteiger charge is -2.45. The number of carbonyl (C=O) groups excluding carboxylic acids is 1. The summed E-state index contributed by atoms with van der Waals surface area (Å²) in [5.74, 6) is -3.59. The van der Waals surface area contributed by atoms with Crippen LogP contribution >= 0.6 is 0 Å². The zero-order chi connectivity index (χ0) is 33.4. The fraction of sp³-hybridized carbons (Fsp3) is 0.517. The Balaban J connectivity index is 1.64. The van der Waals surface area contributed by atoms with Gasteiger partial charge in [-0.05, 0) is 80.3 Å². The van der Waals surface area contributed by atoms with E-state index in [-0.39, 0.29) is 62.3 Å². The van der Waals surface area contributed by atoms with Crippen LogP contribution in [0.1, 0.15) is 55.2 Å². The third kappa shape index (κ3) is 4.89. The smallest absolute Gasteiger partial charge is 0.435 e. The third-order valence-electron chi connectivity index (χ3n) is 9.49. The number of alkyl halides is 7. The monoisotopic (exact) mass is 669 g/mol. The van der Waals surface area contributed by atoms with Crippen molar-refractivity contribution in [2.45, 2.75) is 84.3 Å². The van der Waals surface area contributed by atoms with Crippen LogP contribution in [0.5, 0.6) is 0 Å². The molecular formula is C29H27F8NO6S. The van der Waals surface area contributed by atoms with Gasteiger partial charge in [0.25, 0.3) is 5.91 Å². The predicted molar refractivity (Wildman–Crippen MR) is 140 cm³/mol. The number of fused-ring (bicyclic) bond motifs is 3. The van der Waals surface area contributed by atoms with Gasteiger partial charge in [0.1, 0.15) is 16.2 Å². The van der Waals surface area contributed by atoms with Crippen molar-refractivity contribution in [1.82, 2.24) is 4.90 Å². The van der Waals surface area contributed by atoms with E-state index >= 15 is 0 Å². The van der Waals surface area contributed by atoms with Crippen LogP contribution in [0.25, 0.3) is 0 Å². The minimum atomic E-state index is -6.40. The lowest BCUT2D eigenvalue weighted by atomic mass is 9.75. The molecule has 1 aliphatic heterocycles. The number of halogens is 8. The zero-order valence-corrected chi connectivity index (χ0v) is 24.1. The highest BCUT2D eigenvalue weighted by atomic mass is 32.2. The van der Waals surface area contributed by atoms with Crippen molar-refractivity contribution >= 4 is 21.7 Å². The molecule has 1 amide bonds. The van der Waals surface area contributed by atoms with Crippen molar-refractivity contribution in [3.8, 4) is 0 Å². The first-order chi connectivity index (χ1) is 20.7. The molecule has 2 aliphatic carbocycles. The van der Waals surface area contributed by atoms with E-state index in [1.54, 1.807) is 0 Å². The standard InChI is InChI=1S/C29H27F8NO6S/c30-19-3-5-20(6-4-19)45(43,44)26-13-14-38(24(41)25(42)11-9-16(10-12-25)23(39)40)22(26)8-1-17-15-18(2-7-21(17)26)27(31,28(32,33)34)29(35,36)37/h2-7,15-16,22,42H,1,8-14H2,(H,39,40)/t16-,22-,25+,26-/m1/s1. The molecular weight excluding hydrogens is 642 g/mol. The van der Waals surface area contributed by atoms with Crippen molar-refractivity contribution in [3.63, 3.8) is 0 Å². The Bertz CT molecular complexity index is 1600. The van der Waals surface area contributed by atoms with Crippen molar-refractivity contribution in [2.24, 2.45) is 5.92 Å². The molecule has 1 saturated heterocycles. The Hall–Kier alpha value is -3.27. The molecule has 0 unspecified atom stereocenters. The Morgan fingerprint density at radius 2 is 1.44 bits per heavy atom. The van der Waals surface area contributed by atoms with E-state index in [2.05, 4.69) is 0 Å². The van der Waals surface area contributed by atoms with Crippen molar-refractivity contribution in [1.29, 1.82) is 0 Å². The summed E-state index contributed by atoms with van der Waals surface area (Å²) < 4.78 is 137. The molecule has 1 heterocycles. The van der Waals surface area contributed by atoms with Crippen LogP contribution in [0.3, 0.4) is 0 Å². The van der Waals surface area contributed by atoms with Gasteiger partial charge in [-0.1, -0.05) is 18.2 Å². The average Bonchev–Trinajstić information content (AvgIpc) is 3.37. The number of likely N-dealkylation sites (tertiary alicyclic amines) is 1. The minimum absolute atomic E-state index is 0.0376. The normalized spacial score (nSPS) is 27.5. The second-order valence-corrected chi connectivity index (χ2v) is 14.0. The number of aliphatic hydroxyl groups is 1. The van der Waals surface area contributed by atoms with E-state index in [9.17, 15) is 63.3 Å². The molecule has 1 saturated carbocycles. The van der Waals surface area contributed by atoms with Crippen LogP contribution in [0, 0.1) is 11.7 Å². The average molecular weight is 670 g/mol. The predicted octanol–water partition coefficient (Wildman–Crippen LogP) is 5.34. The summed E-state index contributed by atoms with van der Waals surface area (Å²) in [7, 11) is -4.69. The Morgan fingerprint density at radius 3 is 1.98 bits per heavy atom. The fourth-order valence-corrected chi connectivity index (χ4v) is 9.49.